The van der Waals surface area contributed by atoms with Crippen molar-refractivity contribution in [1.82, 2.24) is 20.4 Å². The number of amides is 2. The lowest BCUT2D eigenvalue weighted by molar-refractivity contribution is -0.0225. The Morgan fingerprint density at radius 2 is 2.16 bits per heavy atom. The van der Waals surface area contributed by atoms with Crippen molar-refractivity contribution in [3.8, 4) is 0 Å². The quantitative estimate of drug-likeness (QED) is 0.652. The van der Waals surface area contributed by atoms with E-state index >= 15 is 0 Å². The maximum Gasteiger partial charge on any atom is 0.276 e. The summed E-state index contributed by atoms with van der Waals surface area (Å²) in [5.41, 5.74) is 1.12. The number of carbonyl (C=O) groups excluding carboxylic acids is 2. The van der Waals surface area contributed by atoms with Gasteiger partial charge in [-0.3, -0.25) is 9.59 Å². The topological polar surface area (TPSA) is 97.6 Å². The summed E-state index contributed by atoms with van der Waals surface area (Å²) in [5, 5.41) is 7.84. The van der Waals surface area contributed by atoms with Gasteiger partial charge in [-0.1, -0.05) is 11.2 Å². The molecule has 1 N–H and O–H groups in total. The number of aromatic nitrogens is 2. The van der Waals surface area contributed by atoms with Gasteiger partial charge in [0.05, 0.1) is 13.2 Å². The van der Waals surface area contributed by atoms with Gasteiger partial charge in [0.2, 0.25) is 0 Å². The molecule has 9 heteroatoms. The molecule has 0 bridgehead atoms. The van der Waals surface area contributed by atoms with Crippen molar-refractivity contribution in [3.05, 3.63) is 46.3 Å². The normalized spacial score (nSPS) is 19.2. The second kappa shape index (κ2) is 8.05. The summed E-state index contributed by atoms with van der Waals surface area (Å²) in [7, 11) is 0. The molecule has 0 unspecified atom stereocenters. The number of nitrogens with one attached hydrogen (secondary N) is 1. The van der Waals surface area contributed by atoms with Gasteiger partial charge in [0, 0.05) is 41.7 Å². The van der Waals surface area contributed by atoms with Crippen LogP contribution in [0.15, 0.2) is 28.9 Å². The predicted molar refractivity (Wildman–Crippen MR) is 115 cm³/mol. The Kier molecular flexibility index (Phi) is 5.23. The predicted octanol–water partition coefficient (Wildman–Crippen LogP) is 3.51. The first-order valence-electron chi connectivity index (χ1n) is 10.6. The van der Waals surface area contributed by atoms with Crippen molar-refractivity contribution >= 4 is 33.4 Å². The average Bonchev–Trinajstić information content (AvgIpc) is 3.36. The van der Waals surface area contributed by atoms with E-state index in [2.05, 4.69) is 15.5 Å². The molecule has 1 saturated heterocycles. The van der Waals surface area contributed by atoms with E-state index in [1.54, 1.807) is 17.2 Å². The van der Waals surface area contributed by atoms with E-state index in [4.69, 9.17) is 9.26 Å². The molecule has 1 atom stereocenters. The summed E-state index contributed by atoms with van der Waals surface area (Å²) in [5.74, 6) is 0.870. The van der Waals surface area contributed by atoms with Crippen LogP contribution in [0.25, 0.3) is 10.2 Å². The minimum atomic E-state index is -0.418. The fraction of sp³-hybridized carbons (Fsp3) is 0.455. The molecule has 2 aliphatic rings. The summed E-state index contributed by atoms with van der Waals surface area (Å²) in [6.07, 6.45) is 3.47. The van der Waals surface area contributed by atoms with E-state index in [1.807, 2.05) is 26.0 Å². The van der Waals surface area contributed by atoms with Gasteiger partial charge in [0.1, 0.15) is 21.6 Å². The molecular weight excluding hydrogens is 416 g/mol. The van der Waals surface area contributed by atoms with Gasteiger partial charge < -0.3 is 19.5 Å². The van der Waals surface area contributed by atoms with E-state index in [9.17, 15) is 9.59 Å². The lowest BCUT2D eigenvalue weighted by Gasteiger charge is -2.33. The van der Waals surface area contributed by atoms with Crippen molar-refractivity contribution in [2.24, 2.45) is 0 Å². The number of rotatable bonds is 5. The first kappa shape index (κ1) is 20.1. The summed E-state index contributed by atoms with van der Waals surface area (Å²) in [6.45, 7) is 5.04. The molecule has 1 aliphatic carbocycles. The molecule has 0 radical (unpaired) electrons. The number of ether oxygens (including phenoxy) is 1. The van der Waals surface area contributed by atoms with Crippen molar-refractivity contribution in [1.29, 1.82) is 0 Å². The van der Waals surface area contributed by atoms with Crippen LogP contribution in [0.3, 0.4) is 0 Å². The highest BCUT2D eigenvalue weighted by Gasteiger charge is 2.34. The highest BCUT2D eigenvalue weighted by atomic mass is 32.1. The zero-order valence-electron chi connectivity index (χ0n) is 17.5. The molecule has 2 fully saturated rings. The van der Waals surface area contributed by atoms with Crippen LogP contribution in [-0.2, 0) is 4.74 Å². The monoisotopic (exact) mass is 440 g/mol. The molecule has 4 heterocycles. The van der Waals surface area contributed by atoms with Gasteiger partial charge in [0.15, 0.2) is 5.69 Å². The third-order valence-electron chi connectivity index (χ3n) is 5.53. The Labute approximate surface area is 183 Å². The van der Waals surface area contributed by atoms with Gasteiger partial charge in [-0.25, -0.2) is 4.98 Å². The largest absolute Gasteiger partial charge is 0.370 e. The summed E-state index contributed by atoms with van der Waals surface area (Å²) >= 11 is 1.35. The Bertz CT molecular complexity index is 1130. The zero-order chi connectivity index (χ0) is 21.5. The van der Waals surface area contributed by atoms with Crippen molar-refractivity contribution < 1.29 is 18.8 Å². The van der Waals surface area contributed by atoms with Crippen LogP contribution in [0, 0.1) is 0 Å². The Morgan fingerprint density at radius 3 is 2.94 bits per heavy atom. The summed E-state index contributed by atoms with van der Waals surface area (Å²) in [4.78, 5) is 33.5. The zero-order valence-corrected chi connectivity index (χ0v) is 18.3. The molecular formula is C22H24N4O4S. The first-order valence-corrected chi connectivity index (χ1v) is 11.4. The highest BCUT2D eigenvalue weighted by Crippen LogP contribution is 2.40. The van der Waals surface area contributed by atoms with Crippen LogP contribution in [0.4, 0.5) is 0 Å². The molecule has 31 heavy (non-hydrogen) atoms. The standard InChI is InChI=1S/C22H24N4O4S/c1-12(2)24-20(27)19-18(14-4-3-7-23-21(14)31-19)17-11-26(8-9-29-17)22(28)15-10-16(30-25-15)13-5-6-13/h3-4,7,10,12-13,17H,5-6,8-9,11H2,1-2H3,(H,24,27)/t17-/m1/s1. The van der Waals surface area contributed by atoms with Crippen LogP contribution in [0.2, 0.25) is 0 Å². The molecule has 0 spiro atoms. The lowest BCUT2D eigenvalue weighted by atomic mass is 10.0. The minimum absolute atomic E-state index is 0.0108. The SMILES string of the molecule is CC(C)NC(=O)c1sc2ncccc2c1[C@H]1CN(C(=O)c2cc(C3CC3)on2)CCO1. The summed E-state index contributed by atoms with van der Waals surface area (Å²) in [6, 6.07) is 5.57. The molecule has 3 aromatic rings. The second-order valence-corrected chi connectivity index (χ2v) is 9.33. The Hall–Kier alpha value is -2.78. The molecule has 0 aromatic carbocycles. The van der Waals surface area contributed by atoms with Gasteiger partial charge in [-0.05, 0) is 32.8 Å². The average molecular weight is 441 g/mol. The fourth-order valence-corrected chi connectivity index (χ4v) is 4.99. The van der Waals surface area contributed by atoms with Crippen LogP contribution in [0.5, 0.6) is 0 Å². The van der Waals surface area contributed by atoms with Crippen LogP contribution < -0.4 is 5.32 Å². The van der Waals surface area contributed by atoms with Gasteiger partial charge in [-0.2, -0.15) is 0 Å². The molecule has 1 aliphatic heterocycles. The van der Waals surface area contributed by atoms with Crippen molar-refractivity contribution in [3.63, 3.8) is 0 Å². The van der Waals surface area contributed by atoms with Gasteiger partial charge in [-0.15, -0.1) is 11.3 Å². The maximum atomic E-state index is 13.1. The second-order valence-electron chi connectivity index (χ2n) is 8.33. The maximum absolute atomic E-state index is 13.1. The number of fused-ring (bicyclic) bond motifs is 1. The molecule has 8 nitrogen and oxygen atoms in total. The van der Waals surface area contributed by atoms with Crippen LogP contribution >= 0.6 is 11.3 Å². The Morgan fingerprint density at radius 1 is 1.32 bits per heavy atom. The number of nitrogens with zero attached hydrogens (tertiary/aromatic N) is 3. The van der Waals surface area contributed by atoms with E-state index in [1.165, 1.54) is 11.3 Å². The minimum Gasteiger partial charge on any atom is -0.370 e. The van der Waals surface area contributed by atoms with Crippen molar-refractivity contribution in [2.45, 2.75) is 44.8 Å². The molecule has 3 aromatic heterocycles. The molecule has 5 rings (SSSR count). The van der Waals surface area contributed by atoms with Crippen LogP contribution in [0.1, 0.15) is 70.2 Å². The third-order valence-corrected chi connectivity index (χ3v) is 6.66. The summed E-state index contributed by atoms with van der Waals surface area (Å²) < 4.78 is 11.4. The number of carbonyl (C=O) groups is 2. The van der Waals surface area contributed by atoms with Gasteiger partial charge >= 0.3 is 0 Å². The smallest absolute Gasteiger partial charge is 0.276 e. The van der Waals surface area contributed by atoms with E-state index < -0.39 is 6.10 Å². The lowest BCUT2D eigenvalue weighted by Crippen LogP contribution is -2.42. The molecule has 2 amide bonds. The van der Waals surface area contributed by atoms with E-state index in [-0.39, 0.29) is 17.9 Å². The number of morpholine rings is 1. The number of pyridine rings is 1. The first-order chi connectivity index (χ1) is 15.0. The number of hydrogen-bond acceptors (Lipinski definition) is 7. The highest BCUT2D eigenvalue weighted by molar-refractivity contribution is 7.20. The number of thiophene rings is 1. The molecule has 1 saturated carbocycles. The van der Waals surface area contributed by atoms with E-state index in [0.29, 0.717) is 36.2 Å². The van der Waals surface area contributed by atoms with E-state index in [0.717, 1.165) is 34.4 Å². The number of hydrogen-bond donors (Lipinski definition) is 1. The van der Waals surface area contributed by atoms with Gasteiger partial charge in [0.25, 0.3) is 11.8 Å². The van der Waals surface area contributed by atoms with Crippen molar-refractivity contribution in [2.75, 3.05) is 19.7 Å². The fourth-order valence-electron chi connectivity index (χ4n) is 3.89. The van der Waals surface area contributed by atoms with Crippen LogP contribution in [-0.4, -0.2) is 52.6 Å². The molecule has 162 valence electrons. The third kappa shape index (κ3) is 3.95. The Balaban J connectivity index is 1.44.